The molecule has 4 fully saturated rings. The van der Waals surface area contributed by atoms with Crippen LogP contribution in [0.4, 0.5) is 9.59 Å². The second kappa shape index (κ2) is 10.6. The van der Waals surface area contributed by atoms with Gasteiger partial charge in [0.2, 0.25) is 16.7 Å². The minimum Gasteiger partial charge on any atom is -0.479 e. The summed E-state index contributed by atoms with van der Waals surface area (Å²) in [6, 6.07) is 4.31. The Morgan fingerprint density at radius 1 is 1.05 bits per heavy atom. The molecule has 3 N–H and O–H groups in total. The van der Waals surface area contributed by atoms with Gasteiger partial charge in [-0.2, -0.15) is 0 Å². The number of benzene rings is 1. The van der Waals surface area contributed by atoms with Crippen LogP contribution in [0.2, 0.25) is 0 Å². The number of nitrogens with one attached hydrogen (secondary N) is 2. The van der Waals surface area contributed by atoms with Gasteiger partial charge in [0.25, 0.3) is 0 Å². The summed E-state index contributed by atoms with van der Waals surface area (Å²) in [5, 5.41) is 14.5. The fraction of sp³-hybridized carbons (Fsp3) is 0.480. The number of piperazine rings is 1. The van der Waals surface area contributed by atoms with Crippen LogP contribution in [0.25, 0.3) is 0 Å². The van der Waals surface area contributed by atoms with Gasteiger partial charge >= 0.3 is 29.8 Å². The zero-order valence-electron chi connectivity index (χ0n) is 22.3. The van der Waals surface area contributed by atoms with Crippen molar-refractivity contribution in [3.8, 4) is 0 Å². The van der Waals surface area contributed by atoms with Crippen LogP contribution in [0, 0.1) is 0 Å². The number of thioether (sulfide) groups is 1. The molecule has 16 heteroatoms. The first-order valence-electron chi connectivity index (χ1n) is 13.0. The molecule has 0 unspecified atom stereocenters. The number of fused-ring (bicyclic) bond motifs is 1. The van der Waals surface area contributed by atoms with E-state index in [9.17, 15) is 38.7 Å². The molecule has 41 heavy (non-hydrogen) atoms. The second-order valence-electron chi connectivity index (χ2n) is 10.0. The van der Waals surface area contributed by atoms with Crippen molar-refractivity contribution in [3.05, 3.63) is 35.9 Å². The smallest absolute Gasteiger partial charge is 0.342 e. The van der Waals surface area contributed by atoms with Gasteiger partial charge in [-0.1, -0.05) is 42.1 Å². The van der Waals surface area contributed by atoms with E-state index in [2.05, 4.69) is 10.6 Å². The maximum Gasteiger partial charge on any atom is 0.342 e. The molecular formula is C25H29N7O8S. The Kier molecular flexibility index (Phi) is 7.27. The molecule has 8 amide bonds. The monoisotopic (exact) mass is 587 g/mol. The molecule has 218 valence electrons. The summed E-state index contributed by atoms with van der Waals surface area (Å²) in [5.74, 6) is -4.39. The van der Waals surface area contributed by atoms with Crippen LogP contribution in [0.15, 0.2) is 30.3 Å². The number of carbonyl (C=O) groups is 7. The molecule has 0 aliphatic carbocycles. The van der Waals surface area contributed by atoms with Crippen LogP contribution in [-0.4, -0.2) is 134 Å². The molecule has 1 aromatic carbocycles. The number of urea groups is 2. The van der Waals surface area contributed by atoms with E-state index in [1.807, 2.05) is 0 Å². The lowest BCUT2D eigenvalue weighted by molar-refractivity contribution is -0.153. The van der Waals surface area contributed by atoms with Crippen molar-refractivity contribution in [2.24, 2.45) is 0 Å². The number of aliphatic carboxylic acids is 1. The zero-order chi connectivity index (χ0) is 29.6. The second-order valence-corrected chi connectivity index (χ2v) is 11.4. The predicted molar refractivity (Wildman–Crippen MR) is 142 cm³/mol. The molecule has 5 rings (SSSR count). The lowest BCUT2D eigenvalue weighted by Gasteiger charge is -2.41. The van der Waals surface area contributed by atoms with Gasteiger partial charge in [0, 0.05) is 39.8 Å². The minimum absolute atomic E-state index is 0.0517. The van der Waals surface area contributed by atoms with Crippen molar-refractivity contribution < 1.29 is 38.7 Å². The van der Waals surface area contributed by atoms with Gasteiger partial charge < -0.3 is 30.4 Å². The minimum atomic E-state index is -1.71. The highest BCUT2D eigenvalue weighted by molar-refractivity contribution is 8.02. The number of carboxylic acids is 1. The van der Waals surface area contributed by atoms with E-state index >= 15 is 0 Å². The number of rotatable bonds is 7. The van der Waals surface area contributed by atoms with E-state index in [-0.39, 0.29) is 26.2 Å². The van der Waals surface area contributed by atoms with E-state index < -0.39 is 64.0 Å². The Morgan fingerprint density at radius 3 is 2.37 bits per heavy atom. The van der Waals surface area contributed by atoms with E-state index in [4.69, 9.17) is 0 Å². The predicted octanol–water partition coefficient (Wildman–Crippen LogP) is -1.32. The molecule has 0 radical (unpaired) electrons. The largest absolute Gasteiger partial charge is 0.479 e. The normalized spacial score (nSPS) is 26.6. The van der Waals surface area contributed by atoms with Crippen LogP contribution in [0.3, 0.4) is 0 Å². The fourth-order valence-corrected chi connectivity index (χ4v) is 6.98. The van der Waals surface area contributed by atoms with Gasteiger partial charge in [-0.05, 0) is 12.5 Å². The van der Waals surface area contributed by atoms with Gasteiger partial charge in [-0.15, -0.1) is 0 Å². The molecule has 0 bridgehead atoms. The molecule has 4 heterocycles. The Balaban J connectivity index is 1.32. The first-order chi connectivity index (χ1) is 19.5. The maximum absolute atomic E-state index is 13.5. The summed E-state index contributed by atoms with van der Waals surface area (Å²) < 4.78 is 0. The van der Waals surface area contributed by atoms with Crippen molar-refractivity contribution in [1.29, 1.82) is 0 Å². The number of nitrogens with zero attached hydrogens (tertiary/aromatic N) is 5. The lowest BCUT2D eigenvalue weighted by atomic mass is 10.0. The van der Waals surface area contributed by atoms with E-state index in [0.717, 1.165) is 16.7 Å². The molecule has 4 saturated heterocycles. The Labute approximate surface area is 238 Å². The van der Waals surface area contributed by atoms with E-state index in [1.165, 1.54) is 19.6 Å². The summed E-state index contributed by atoms with van der Waals surface area (Å²) in [7, 11) is 1.56. The van der Waals surface area contributed by atoms with Crippen molar-refractivity contribution in [2.75, 3.05) is 46.3 Å². The third-order valence-electron chi connectivity index (χ3n) is 7.72. The summed E-state index contributed by atoms with van der Waals surface area (Å²) in [6.45, 7) is 2.41. The number of β-lactam (4-membered cyclic amide) rings is 1. The van der Waals surface area contributed by atoms with E-state index in [1.54, 1.807) is 44.3 Å². The first-order valence-corrected chi connectivity index (χ1v) is 13.9. The number of amides is 8. The lowest BCUT2D eigenvalue weighted by Crippen LogP contribution is -2.68. The summed E-state index contributed by atoms with van der Waals surface area (Å²) >= 11 is 0.907. The molecule has 15 nitrogen and oxygen atoms in total. The third-order valence-corrected chi connectivity index (χ3v) is 9.41. The Morgan fingerprint density at radius 2 is 1.76 bits per heavy atom. The van der Waals surface area contributed by atoms with E-state index in [0.29, 0.717) is 18.7 Å². The summed E-state index contributed by atoms with van der Waals surface area (Å²) in [5.41, 5.74) is 0.359. The number of likely N-dealkylation sites (N-methyl/N-ethyl adjacent to an activating group) is 2. The Bertz CT molecular complexity index is 1330. The van der Waals surface area contributed by atoms with Gasteiger partial charge in [-0.25, -0.2) is 14.4 Å². The number of carbonyl (C=O) groups excluding carboxylic acids is 6. The molecular weight excluding hydrogens is 558 g/mol. The SMILES string of the molecule is CCN1CCN(C(=O)N[C@@H](C(=O)N[C@@H]2C(=O)N3C[C@@](C(=O)O)(N4CCN(C)C4=O)S[C@H]23)c2ccccc2)C(=O)C1=O. The topological polar surface area (TPSA) is 180 Å². The van der Waals surface area contributed by atoms with Crippen molar-refractivity contribution in [3.63, 3.8) is 0 Å². The first kappa shape index (κ1) is 28.2. The molecule has 0 spiro atoms. The number of hydrogen-bond acceptors (Lipinski definition) is 8. The van der Waals surface area contributed by atoms with Crippen LogP contribution in [0.1, 0.15) is 18.5 Å². The molecule has 4 atom stereocenters. The van der Waals surface area contributed by atoms with Gasteiger partial charge in [-0.3, -0.25) is 29.0 Å². The number of carboxylic acid groups (broad SMARTS) is 1. The van der Waals surface area contributed by atoms with Gasteiger partial charge in [0.1, 0.15) is 17.5 Å². The number of hydrogen-bond donors (Lipinski definition) is 3. The maximum atomic E-state index is 13.5. The standard InChI is InChI=1S/C25H29N7O8S/c1-3-29-10-11-30(20(36)19(29)35)23(39)27-15(14-7-5-4-6-8-14)17(33)26-16-18(34)31-13-25(22(37)38,41-21(16)31)32-12-9-28(2)24(32)40/h4-8,15-16,21H,3,9-13H2,1-2H3,(H,26,33)(H,27,39)(H,37,38)/t15-,16-,21-,25-/m1/s1. The van der Waals surface area contributed by atoms with Crippen LogP contribution < -0.4 is 10.6 Å². The fourth-order valence-electron chi connectivity index (χ4n) is 5.34. The molecule has 4 aliphatic rings. The average Bonchev–Trinajstić information content (AvgIpc) is 3.50. The third kappa shape index (κ3) is 4.61. The van der Waals surface area contributed by atoms with Crippen molar-refractivity contribution in [1.82, 2.24) is 35.1 Å². The van der Waals surface area contributed by atoms with Crippen molar-refractivity contribution >= 4 is 53.4 Å². The van der Waals surface area contributed by atoms with Crippen molar-refractivity contribution in [2.45, 2.75) is 29.3 Å². The molecule has 1 aromatic rings. The zero-order valence-corrected chi connectivity index (χ0v) is 23.1. The molecule has 0 saturated carbocycles. The van der Waals surface area contributed by atoms with Gasteiger partial charge in [0.15, 0.2) is 0 Å². The average molecular weight is 588 g/mol. The highest BCUT2D eigenvalue weighted by Gasteiger charge is 2.66. The van der Waals surface area contributed by atoms with Crippen LogP contribution in [-0.2, 0) is 24.0 Å². The molecule has 4 aliphatic heterocycles. The highest BCUT2D eigenvalue weighted by Crippen LogP contribution is 2.49. The van der Waals surface area contributed by atoms with Gasteiger partial charge in [0.05, 0.1) is 6.54 Å². The van der Waals surface area contributed by atoms with Crippen LogP contribution in [0.5, 0.6) is 0 Å². The molecule has 0 aromatic heterocycles. The summed E-state index contributed by atoms with van der Waals surface area (Å²) in [4.78, 5) is 93.8. The number of imide groups is 1. The van der Waals surface area contributed by atoms with Crippen LogP contribution >= 0.6 is 11.8 Å². The quantitative estimate of drug-likeness (QED) is 0.258. The Hall–Kier alpha value is -4.34. The summed E-state index contributed by atoms with van der Waals surface area (Å²) in [6.07, 6.45) is 0. The highest BCUT2D eigenvalue weighted by atomic mass is 32.2.